The SMILES string of the molecule is C[C@H]1[C@H](NC(=O)c2ccc(Sc3ccccc3S(N)(=O)=O)s2)C2CCN1CC2. The van der Waals surface area contributed by atoms with Crippen LogP contribution in [-0.2, 0) is 10.0 Å². The van der Waals surface area contributed by atoms with Gasteiger partial charge in [-0.05, 0) is 63.0 Å². The van der Waals surface area contributed by atoms with Gasteiger partial charge >= 0.3 is 0 Å². The van der Waals surface area contributed by atoms with Crippen LogP contribution in [0.1, 0.15) is 29.4 Å². The van der Waals surface area contributed by atoms with Gasteiger partial charge in [0.05, 0.1) is 14.0 Å². The molecule has 0 saturated carbocycles. The Balaban J connectivity index is 1.47. The molecule has 3 fully saturated rings. The van der Waals surface area contributed by atoms with Crippen molar-refractivity contribution < 1.29 is 13.2 Å². The number of hydrogen-bond acceptors (Lipinski definition) is 6. The molecule has 0 spiro atoms. The van der Waals surface area contributed by atoms with E-state index in [0.29, 0.717) is 21.7 Å². The quantitative estimate of drug-likeness (QED) is 0.750. The predicted molar refractivity (Wildman–Crippen MR) is 111 cm³/mol. The zero-order valence-corrected chi connectivity index (χ0v) is 17.9. The highest BCUT2D eigenvalue weighted by molar-refractivity contribution is 8.01. The molecule has 3 saturated heterocycles. The Hall–Kier alpha value is -1.39. The van der Waals surface area contributed by atoms with E-state index in [9.17, 15) is 13.2 Å². The number of carbonyl (C=O) groups excluding carboxylic acids is 1. The van der Waals surface area contributed by atoms with Crippen LogP contribution in [0, 0.1) is 5.92 Å². The van der Waals surface area contributed by atoms with Gasteiger partial charge in [0.25, 0.3) is 5.91 Å². The van der Waals surface area contributed by atoms with Crippen molar-refractivity contribution in [1.29, 1.82) is 0 Å². The summed E-state index contributed by atoms with van der Waals surface area (Å²) < 4.78 is 24.4. The lowest BCUT2D eigenvalue weighted by molar-refractivity contribution is 0.0218. The summed E-state index contributed by atoms with van der Waals surface area (Å²) in [5, 5.41) is 8.54. The Morgan fingerprint density at radius 1 is 1.21 bits per heavy atom. The first-order valence-electron chi connectivity index (χ1n) is 9.27. The Labute approximate surface area is 173 Å². The van der Waals surface area contributed by atoms with Gasteiger partial charge in [-0.2, -0.15) is 0 Å². The number of primary sulfonamides is 1. The van der Waals surface area contributed by atoms with Crippen LogP contribution in [0.15, 0.2) is 50.4 Å². The average Bonchev–Trinajstić information content (AvgIpc) is 3.13. The molecule has 2 bridgehead atoms. The number of hydrogen-bond donors (Lipinski definition) is 2. The van der Waals surface area contributed by atoms with Gasteiger partial charge in [-0.15, -0.1) is 11.3 Å². The lowest BCUT2D eigenvalue weighted by atomic mass is 9.79. The summed E-state index contributed by atoms with van der Waals surface area (Å²) in [6.07, 6.45) is 2.29. The maximum absolute atomic E-state index is 12.8. The Bertz CT molecular complexity index is 979. The second-order valence-corrected chi connectivity index (χ2v) is 11.3. The molecule has 5 rings (SSSR count). The molecule has 2 atom stereocenters. The van der Waals surface area contributed by atoms with E-state index in [1.807, 2.05) is 6.07 Å². The summed E-state index contributed by atoms with van der Waals surface area (Å²) >= 11 is 2.68. The molecule has 4 heterocycles. The van der Waals surface area contributed by atoms with Crippen LogP contribution >= 0.6 is 23.1 Å². The van der Waals surface area contributed by atoms with Gasteiger partial charge in [0, 0.05) is 17.0 Å². The first-order valence-corrected chi connectivity index (χ1v) is 12.5. The monoisotopic (exact) mass is 437 g/mol. The van der Waals surface area contributed by atoms with Crippen molar-refractivity contribution in [3.63, 3.8) is 0 Å². The number of piperidine rings is 3. The molecule has 0 unspecified atom stereocenters. The number of rotatable bonds is 5. The zero-order chi connectivity index (χ0) is 19.9. The number of nitrogens with two attached hydrogens (primary N) is 1. The fourth-order valence-corrected chi connectivity index (χ4v) is 7.25. The van der Waals surface area contributed by atoms with Crippen LogP contribution in [-0.4, -0.2) is 44.4 Å². The first kappa shape index (κ1) is 19.9. The molecule has 1 aromatic carbocycles. The van der Waals surface area contributed by atoms with Crippen molar-refractivity contribution in [1.82, 2.24) is 10.2 Å². The fraction of sp³-hybridized carbons (Fsp3) is 0.421. The highest BCUT2D eigenvalue weighted by Gasteiger charge is 2.40. The van der Waals surface area contributed by atoms with E-state index in [1.165, 1.54) is 29.2 Å². The van der Waals surface area contributed by atoms with E-state index in [1.54, 1.807) is 24.3 Å². The minimum absolute atomic E-state index is 0.0535. The lowest BCUT2D eigenvalue weighted by Gasteiger charge is -2.49. The number of thiophene rings is 1. The van der Waals surface area contributed by atoms with Crippen LogP contribution in [0.4, 0.5) is 0 Å². The molecule has 9 heteroatoms. The van der Waals surface area contributed by atoms with Crippen LogP contribution in [0.5, 0.6) is 0 Å². The third-order valence-corrected chi connectivity index (χ3v) is 9.04. The molecular formula is C19H23N3O3S3. The van der Waals surface area contributed by atoms with Gasteiger partial charge in [-0.25, -0.2) is 13.6 Å². The van der Waals surface area contributed by atoms with Crippen LogP contribution < -0.4 is 10.5 Å². The molecule has 3 aliphatic rings. The van der Waals surface area contributed by atoms with E-state index < -0.39 is 10.0 Å². The summed E-state index contributed by atoms with van der Waals surface area (Å²) in [6, 6.07) is 10.8. The average molecular weight is 438 g/mol. The summed E-state index contributed by atoms with van der Waals surface area (Å²) in [7, 11) is -3.79. The Morgan fingerprint density at radius 3 is 2.61 bits per heavy atom. The molecule has 1 aromatic heterocycles. The van der Waals surface area contributed by atoms with Crippen LogP contribution in [0.25, 0.3) is 0 Å². The van der Waals surface area contributed by atoms with Crippen molar-refractivity contribution in [3.8, 4) is 0 Å². The van der Waals surface area contributed by atoms with E-state index in [-0.39, 0.29) is 16.8 Å². The summed E-state index contributed by atoms with van der Waals surface area (Å²) in [5.41, 5.74) is 0. The Kier molecular flexibility index (Phi) is 5.54. The molecule has 3 aliphatic heterocycles. The highest BCUT2D eigenvalue weighted by atomic mass is 32.2. The predicted octanol–water partition coefficient (Wildman–Crippen LogP) is 2.76. The third kappa shape index (κ3) is 3.99. The lowest BCUT2D eigenvalue weighted by Crippen LogP contribution is -2.62. The molecular weight excluding hydrogens is 414 g/mol. The molecule has 0 radical (unpaired) electrons. The van der Waals surface area contributed by atoms with Gasteiger partial charge in [0.1, 0.15) is 0 Å². The molecule has 6 nitrogen and oxygen atoms in total. The molecule has 1 amide bonds. The minimum Gasteiger partial charge on any atom is -0.347 e. The van der Waals surface area contributed by atoms with Crippen molar-refractivity contribution in [3.05, 3.63) is 41.3 Å². The normalized spacial score (nSPS) is 26.9. The number of fused-ring (bicyclic) bond motifs is 3. The number of nitrogens with zero attached hydrogens (tertiary/aromatic N) is 1. The molecule has 0 aliphatic carbocycles. The standard InChI is InChI=1S/C19H23N3O3S3/c1-12-18(13-8-10-22(12)11-9-13)21-19(23)15-6-7-17(27-15)26-14-4-2-3-5-16(14)28(20,24)25/h2-7,12-13,18H,8-11H2,1H3,(H,21,23)(H2,20,24,25)/t12-,18-/m0/s1. The van der Waals surface area contributed by atoms with E-state index in [2.05, 4.69) is 17.1 Å². The third-order valence-electron chi connectivity index (χ3n) is 5.65. The first-order chi connectivity index (χ1) is 13.3. The van der Waals surface area contributed by atoms with Crippen molar-refractivity contribution >= 4 is 39.0 Å². The molecule has 28 heavy (non-hydrogen) atoms. The summed E-state index contributed by atoms with van der Waals surface area (Å²) in [6.45, 7) is 4.44. The number of carbonyl (C=O) groups is 1. The second kappa shape index (κ2) is 7.79. The maximum atomic E-state index is 12.8. The summed E-state index contributed by atoms with van der Waals surface area (Å²) in [5.74, 6) is 0.501. The minimum atomic E-state index is -3.79. The smallest absolute Gasteiger partial charge is 0.261 e. The number of nitrogens with one attached hydrogen (secondary N) is 1. The second-order valence-electron chi connectivity index (χ2n) is 7.33. The van der Waals surface area contributed by atoms with E-state index >= 15 is 0 Å². The van der Waals surface area contributed by atoms with Crippen LogP contribution in [0.3, 0.4) is 0 Å². The molecule has 2 aromatic rings. The number of benzene rings is 1. The largest absolute Gasteiger partial charge is 0.347 e. The van der Waals surface area contributed by atoms with Crippen LogP contribution in [0.2, 0.25) is 0 Å². The molecule has 3 N–H and O–H groups in total. The van der Waals surface area contributed by atoms with Gasteiger partial charge in [0.15, 0.2) is 0 Å². The summed E-state index contributed by atoms with van der Waals surface area (Å²) in [4.78, 5) is 16.5. The maximum Gasteiger partial charge on any atom is 0.261 e. The Morgan fingerprint density at radius 2 is 1.93 bits per heavy atom. The van der Waals surface area contributed by atoms with E-state index in [4.69, 9.17) is 5.14 Å². The van der Waals surface area contributed by atoms with Gasteiger partial charge in [0.2, 0.25) is 10.0 Å². The topological polar surface area (TPSA) is 92.5 Å². The zero-order valence-electron chi connectivity index (χ0n) is 15.5. The van der Waals surface area contributed by atoms with Gasteiger partial charge in [-0.3, -0.25) is 9.69 Å². The number of sulfonamides is 1. The van der Waals surface area contributed by atoms with E-state index in [0.717, 1.165) is 30.1 Å². The van der Waals surface area contributed by atoms with Gasteiger partial charge < -0.3 is 5.32 Å². The van der Waals surface area contributed by atoms with Crippen molar-refractivity contribution in [2.24, 2.45) is 11.1 Å². The highest BCUT2D eigenvalue weighted by Crippen LogP contribution is 2.37. The van der Waals surface area contributed by atoms with Crippen molar-refractivity contribution in [2.75, 3.05) is 13.1 Å². The van der Waals surface area contributed by atoms with Crippen molar-refractivity contribution in [2.45, 2.75) is 45.8 Å². The fourth-order valence-electron chi connectivity index (χ4n) is 4.14. The number of amides is 1. The van der Waals surface area contributed by atoms with Gasteiger partial charge in [-0.1, -0.05) is 23.9 Å². The molecule has 150 valence electrons.